The number of anilines is 1. The molecule has 1 nitrogen and oxygen atoms in total. The molecule has 78 valence electrons. The van der Waals surface area contributed by atoms with Crippen molar-refractivity contribution in [3.05, 3.63) is 29.8 Å². The molecule has 1 rings (SSSR count). The molecule has 1 N–H and O–H groups in total. The zero-order valence-electron chi connectivity index (χ0n) is 9.67. The van der Waals surface area contributed by atoms with E-state index in [9.17, 15) is 0 Å². The van der Waals surface area contributed by atoms with Crippen molar-refractivity contribution in [2.75, 3.05) is 5.32 Å². The monoisotopic (exact) mass is 191 g/mol. The van der Waals surface area contributed by atoms with Gasteiger partial charge in [-0.2, -0.15) is 0 Å². The highest BCUT2D eigenvalue weighted by Gasteiger charge is 2.09. The topological polar surface area (TPSA) is 12.0 Å². The summed E-state index contributed by atoms with van der Waals surface area (Å²) in [6.45, 7) is 8.89. The van der Waals surface area contributed by atoms with Gasteiger partial charge in [0.1, 0.15) is 0 Å². The summed E-state index contributed by atoms with van der Waals surface area (Å²) in [5.41, 5.74) is 2.55. The highest BCUT2D eigenvalue weighted by molar-refractivity contribution is 5.46. The molecule has 14 heavy (non-hydrogen) atoms. The number of benzene rings is 1. The Labute approximate surface area is 87.5 Å². The van der Waals surface area contributed by atoms with Crippen molar-refractivity contribution >= 4 is 5.69 Å². The maximum Gasteiger partial charge on any atom is 0.0344 e. The van der Waals surface area contributed by atoms with Crippen LogP contribution in [0.5, 0.6) is 0 Å². The Morgan fingerprint density at radius 1 is 1.29 bits per heavy atom. The van der Waals surface area contributed by atoms with Crippen LogP contribution in [0.4, 0.5) is 5.69 Å². The first-order valence-electron chi connectivity index (χ1n) is 5.46. The van der Waals surface area contributed by atoms with Gasteiger partial charge in [0, 0.05) is 11.7 Å². The molecule has 0 aliphatic carbocycles. The average Bonchev–Trinajstić information content (AvgIpc) is 2.16. The molecule has 0 aromatic heterocycles. The van der Waals surface area contributed by atoms with Gasteiger partial charge in [-0.15, -0.1) is 0 Å². The fraction of sp³-hybridized carbons (Fsp3) is 0.538. The van der Waals surface area contributed by atoms with Crippen LogP contribution in [-0.4, -0.2) is 6.04 Å². The summed E-state index contributed by atoms with van der Waals surface area (Å²) in [4.78, 5) is 0. The minimum absolute atomic E-state index is 0.543. The Morgan fingerprint density at radius 3 is 2.57 bits per heavy atom. The van der Waals surface area contributed by atoms with E-state index >= 15 is 0 Å². The molecule has 0 aliphatic heterocycles. The lowest BCUT2D eigenvalue weighted by Gasteiger charge is -2.21. The third-order valence-electron chi connectivity index (χ3n) is 2.91. The molecular weight excluding hydrogens is 170 g/mol. The summed E-state index contributed by atoms with van der Waals surface area (Å²) in [5, 5.41) is 3.53. The van der Waals surface area contributed by atoms with Crippen LogP contribution in [0.15, 0.2) is 24.3 Å². The van der Waals surface area contributed by atoms with E-state index < -0.39 is 0 Å². The summed E-state index contributed by atoms with van der Waals surface area (Å²) in [6.07, 6.45) is 1.22. The molecule has 0 saturated carbocycles. The third-order valence-corrected chi connectivity index (χ3v) is 2.91. The number of aryl methyl sites for hydroxylation is 1. The minimum Gasteiger partial charge on any atom is -0.382 e. The molecule has 0 amide bonds. The van der Waals surface area contributed by atoms with Crippen LogP contribution in [0.1, 0.15) is 32.8 Å². The highest BCUT2D eigenvalue weighted by atomic mass is 14.9. The lowest BCUT2D eigenvalue weighted by molar-refractivity contribution is 0.494. The largest absolute Gasteiger partial charge is 0.382 e. The van der Waals surface area contributed by atoms with Crippen LogP contribution >= 0.6 is 0 Å². The molecular formula is C13H21N. The number of hydrogen-bond donors (Lipinski definition) is 1. The van der Waals surface area contributed by atoms with E-state index in [1.165, 1.54) is 17.7 Å². The second kappa shape index (κ2) is 5.04. The Balaban J connectivity index is 2.60. The van der Waals surface area contributed by atoms with Crippen LogP contribution in [-0.2, 0) is 0 Å². The fourth-order valence-electron chi connectivity index (χ4n) is 1.49. The van der Waals surface area contributed by atoms with Gasteiger partial charge in [0.15, 0.2) is 0 Å². The van der Waals surface area contributed by atoms with Crippen molar-refractivity contribution in [2.24, 2.45) is 5.92 Å². The van der Waals surface area contributed by atoms with E-state index in [2.05, 4.69) is 57.3 Å². The summed E-state index contributed by atoms with van der Waals surface area (Å²) < 4.78 is 0. The molecule has 0 bridgehead atoms. The van der Waals surface area contributed by atoms with Crippen LogP contribution in [0.2, 0.25) is 0 Å². The average molecular weight is 191 g/mol. The van der Waals surface area contributed by atoms with Crippen molar-refractivity contribution in [1.29, 1.82) is 0 Å². The third kappa shape index (κ3) is 3.06. The fourth-order valence-corrected chi connectivity index (χ4v) is 1.49. The number of rotatable bonds is 4. The van der Waals surface area contributed by atoms with Gasteiger partial charge in [-0.05, 0) is 37.5 Å². The first-order chi connectivity index (χ1) is 6.63. The van der Waals surface area contributed by atoms with Gasteiger partial charge in [0.05, 0.1) is 0 Å². The van der Waals surface area contributed by atoms with Crippen molar-refractivity contribution in [1.82, 2.24) is 0 Å². The maximum absolute atomic E-state index is 3.53. The Hall–Kier alpha value is -0.980. The normalized spacial score (nSPS) is 14.9. The lowest BCUT2D eigenvalue weighted by Crippen LogP contribution is -2.23. The van der Waals surface area contributed by atoms with Crippen LogP contribution < -0.4 is 5.32 Å². The molecule has 0 heterocycles. The van der Waals surface area contributed by atoms with Gasteiger partial charge < -0.3 is 5.32 Å². The second-order valence-corrected chi connectivity index (χ2v) is 4.19. The van der Waals surface area contributed by atoms with Crippen molar-refractivity contribution in [3.8, 4) is 0 Å². The van der Waals surface area contributed by atoms with Crippen molar-refractivity contribution in [3.63, 3.8) is 0 Å². The SMILES string of the molecule is CCC(C)C(C)Nc1cccc(C)c1. The Bertz CT molecular complexity index is 280. The van der Waals surface area contributed by atoms with E-state index in [0.717, 1.165) is 5.92 Å². The van der Waals surface area contributed by atoms with Gasteiger partial charge in [-0.3, -0.25) is 0 Å². The standard InChI is InChI=1S/C13H21N/c1-5-11(3)12(4)14-13-8-6-7-10(2)9-13/h6-9,11-12,14H,5H2,1-4H3. The first-order valence-corrected chi connectivity index (χ1v) is 5.46. The molecule has 1 aromatic carbocycles. The molecule has 2 unspecified atom stereocenters. The first kappa shape index (κ1) is 11.1. The van der Waals surface area contributed by atoms with Gasteiger partial charge >= 0.3 is 0 Å². The number of nitrogens with one attached hydrogen (secondary N) is 1. The number of hydrogen-bond acceptors (Lipinski definition) is 1. The summed E-state index contributed by atoms with van der Waals surface area (Å²) in [6, 6.07) is 9.09. The van der Waals surface area contributed by atoms with Crippen LogP contribution in [0, 0.1) is 12.8 Å². The van der Waals surface area contributed by atoms with E-state index in [-0.39, 0.29) is 0 Å². The van der Waals surface area contributed by atoms with Gasteiger partial charge in [-0.1, -0.05) is 32.4 Å². The smallest absolute Gasteiger partial charge is 0.0344 e. The predicted molar refractivity (Wildman–Crippen MR) is 63.7 cm³/mol. The lowest BCUT2D eigenvalue weighted by atomic mass is 10.0. The second-order valence-electron chi connectivity index (χ2n) is 4.19. The minimum atomic E-state index is 0.543. The van der Waals surface area contributed by atoms with Crippen LogP contribution in [0.3, 0.4) is 0 Å². The Morgan fingerprint density at radius 2 is 2.00 bits per heavy atom. The van der Waals surface area contributed by atoms with Crippen molar-refractivity contribution in [2.45, 2.75) is 40.2 Å². The highest BCUT2D eigenvalue weighted by Crippen LogP contribution is 2.15. The Kier molecular flexibility index (Phi) is 3.99. The van der Waals surface area contributed by atoms with E-state index in [1.807, 2.05) is 0 Å². The van der Waals surface area contributed by atoms with E-state index in [4.69, 9.17) is 0 Å². The molecule has 0 fully saturated rings. The molecule has 2 atom stereocenters. The zero-order chi connectivity index (χ0) is 10.6. The molecule has 0 radical (unpaired) electrons. The van der Waals surface area contributed by atoms with Gasteiger partial charge in [-0.25, -0.2) is 0 Å². The summed E-state index contributed by atoms with van der Waals surface area (Å²) in [7, 11) is 0. The summed E-state index contributed by atoms with van der Waals surface area (Å²) in [5.74, 6) is 0.718. The maximum atomic E-state index is 3.53. The zero-order valence-corrected chi connectivity index (χ0v) is 9.67. The predicted octanol–water partition coefficient (Wildman–Crippen LogP) is 3.84. The molecule has 1 aromatic rings. The molecule has 0 saturated heterocycles. The van der Waals surface area contributed by atoms with Crippen molar-refractivity contribution < 1.29 is 0 Å². The molecule has 0 spiro atoms. The van der Waals surface area contributed by atoms with Gasteiger partial charge in [0.2, 0.25) is 0 Å². The summed E-state index contributed by atoms with van der Waals surface area (Å²) >= 11 is 0. The quantitative estimate of drug-likeness (QED) is 0.762. The molecule has 1 heteroatoms. The van der Waals surface area contributed by atoms with E-state index in [0.29, 0.717) is 6.04 Å². The van der Waals surface area contributed by atoms with E-state index in [1.54, 1.807) is 0 Å². The molecule has 0 aliphatic rings. The van der Waals surface area contributed by atoms with Crippen LogP contribution in [0.25, 0.3) is 0 Å². The van der Waals surface area contributed by atoms with Gasteiger partial charge in [0.25, 0.3) is 0 Å².